The lowest BCUT2D eigenvalue weighted by molar-refractivity contribution is -0.137. The Balaban J connectivity index is 2.50. The second-order valence-electron chi connectivity index (χ2n) is 3.86. The molecule has 1 rings (SSSR count). The van der Waals surface area contributed by atoms with Crippen LogP contribution in [0.3, 0.4) is 0 Å². The Bertz CT molecular complexity index is 426. The number of nitrogens with one attached hydrogen (secondary N) is 1. The van der Waals surface area contributed by atoms with Gasteiger partial charge >= 0.3 is 0 Å². The van der Waals surface area contributed by atoms with E-state index in [4.69, 9.17) is 14.7 Å². The number of hydrogen-bond acceptors (Lipinski definition) is 4. The van der Waals surface area contributed by atoms with Gasteiger partial charge in [0.25, 0.3) is 0 Å². The van der Waals surface area contributed by atoms with Crippen LogP contribution in [0.15, 0.2) is 18.2 Å². The molecule has 1 N–H and O–H groups in total. The standard InChI is InChI=1S/C14H19FN2O2/c1-3-18-14(19-4-2)7-8-17-13-6-5-12(15)9-11(13)10-16/h5-6,9,14,17H,3-4,7-8H2,1-2H3. The van der Waals surface area contributed by atoms with Crippen molar-refractivity contribution in [2.75, 3.05) is 25.1 Å². The fourth-order valence-electron chi connectivity index (χ4n) is 1.67. The molecule has 0 aliphatic heterocycles. The molecule has 0 bridgehead atoms. The van der Waals surface area contributed by atoms with E-state index in [9.17, 15) is 4.39 Å². The first-order chi connectivity index (χ1) is 9.21. The average molecular weight is 266 g/mol. The zero-order chi connectivity index (χ0) is 14.1. The Morgan fingerprint density at radius 3 is 2.58 bits per heavy atom. The maximum Gasteiger partial charge on any atom is 0.159 e. The number of nitriles is 1. The Morgan fingerprint density at radius 1 is 1.32 bits per heavy atom. The normalized spacial score (nSPS) is 10.5. The summed E-state index contributed by atoms with van der Waals surface area (Å²) in [4.78, 5) is 0. The fourth-order valence-corrected chi connectivity index (χ4v) is 1.67. The second-order valence-corrected chi connectivity index (χ2v) is 3.86. The van der Waals surface area contributed by atoms with Crippen LogP contribution < -0.4 is 5.32 Å². The zero-order valence-electron chi connectivity index (χ0n) is 11.3. The van der Waals surface area contributed by atoms with Crippen LogP contribution in [0.25, 0.3) is 0 Å². The molecule has 4 nitrogen and oxygen atoms in total. The summed E-state index contributed by atoms with van der Waals surface area (Å²) < 4.78 is 23.8. The first-order valence-corrected chi connectivity index (χ1v) is 6.38. The molecular formula is C14H19FN2O2. The minimum atomic E-state index is -0.413. The van der Waals surface area contributed by atoms with Gasteiger partial charge in [-0.25, -0.2) is 4.39 Å². The Kier molecular flexibility index (Phi) is 6.86. The van der Waals surface area contributed by atoms with E-state index in [1.807, 2.05) is 19.9 Å². The molecular weight excluding hydrogens is 247 g/mol. The lowest BCUT2D eigenvalue weighted by Crippen LogP contribution is -2.21. The maximum absolute atomic E-state index is 13.0. The molecule has 0 unspecified atom stereocenters. The van der Waals surface area contributed by atoms with Crippen molar-refractivity contribution in [1.29, 1.82) is 5.26 Å². The van der Waals surface area contributed by atoms with Gasteiger partial charge in [0.1, 0.15) is 11.9 Å². The van der Waals surface area contributed by atoms with Crippen LogP contribution in [0, 0.1) is 17.1 Å². The summed E-state index contributed by atoms with van der Waals surface area (Å²) in [5.74, 6) is -0.413. The highest BCUT2D eigenvalue weighted by molar-refractivity contribution is 5.57. The molecule has 0 saturated heterocycles. The molecule has 0 aromatic heterocycles. The highest BCUT2D eigenvalue weighted by Gasteiger charge is 2.08. The van der Waals surface area contributed by atoms with Crippen LogP contribution in [-0.2, 0) is 9.47 Å². The maximum atomic E-state index is 13.0. The quantitative estimate of drug-likeness (QED) is 0.735. The van der Waals surface area contributed by atoms with E-state index >= 15 is 0 Å². The van der Waals surface area contributed by atoms with Crippen LogP contribution in [0.2, 0.25) is 0 Å². The Labute approximate surface area is 113 Å². The molecule has 104 valence electrons. The Hall–Kier alpha value is -1.64. The largest absolute Gasteiger partial charge is 0.384 e. The summed E-state index contributed by atoms with van der Waals surface area (Å²) in [5.41, 5.74) is 0.917. The van der Waals surface area contributed by atoms with Crippen molar-refractivity contribution >= 4 is 5.69 Å². The number of hydrogen-bond donors (Lipinski definition) is 1. The third-order valence-electron chi connectivity index (χ3n) is 2.50. The summed E-state index contributed by atoms with van der Waals surface area (Å²) in [6.07, 6.45) is 0.401. The third kappa shape index (κ3) is 5.25. The van der Waals surface area contributed by atoms with E-state index in [1.165, 1.54) is 12.1 Å². The number of benzene rings is 1. The van der Waals surface area contributed by atoms with Crippen molar-refractivity contribution in [3.63, 3.8) is 0 Å². The van der Waals surface area contributed by atoms with Crippen molar-refractivity contribution in [3.8, 4) is 6.07 Å². The third-order valence-corrected chi connectivity index (χ3v) is 2.50. The molecule has 1 aromatic carbocycles. The predicted octanol–water partition coefficient (Wildman–Crippen LogP) is 2.90. The van der Waals surface area contributed by atoms with E-state index in [0.29, 0.717) is 37.4 Å². The molecule has 19 heavy (non-hydrogen) atoms. The van der Waals surface area contributed by atoms with Gasteiger partial charge < -0.3 is 14.8 Å². The number of nitrogens with zero attached hydrogens (tertiary/aromatic N) is 1. The summed E-state index contributed by atoms with van der Waals surface area (Å²) in [7, 11) is 0. The highest BCUT2D eigenvalue weighted by Crippen LogP contribution is 2.16. The van der Waals surface area contributed by atoms with E-state index in [2.05, 4.69) is 5.32 Å². The van der Waals surface area contributed by atoms with E-state index < -0.39 is 5.82 Å². The lowest BCUT2D eigenvalue weighted by atomic mass is 10.2. The van der Waals surface area contributed by atoms with Gasteiger partial charge in [-0.05, 0) is 32.0 Å². The van der Waals surface area contributed by atoms with Gasteiger partial charge in [0.05, 0.1) is 11.3 Å². The monoisotopic (exact) mass is 266 g/mol. The number of ether oxygens (including phenoxy) is 2. The van der Waals surface area contributed by atoms with Crippen LogP contribution >= 0.6 is 0 Å². The summed E-state index contributed by atoms with van der Waals surface area (Å²) >= 11 is 0. The van der Waals surface area contributed by atoms with Gasteiger partial charge in [0.15, 0.2) is 6.29 Å². The van der Waals surface area contributed by atoms with Crippen molar-refractivity contribution in [3.05, 3.63) is 29.6 Å². The molecule has 0 spiro atoms. The molecule has 0 amide bonds. The first-order valence-electron chi connectivity index (χ1n) is 6.38. The second kappa shape index (κ2) is 8.46. The van der Waals surface area contributed by atoms with Gasteiger partial charge in [-0.2, -0.15) is 5.26 Å². The minimum Gasteiger partial charge on any atom is -0.384 e. The van der Waals surface area contributed by atoms with Gasteiger partial charge in [-0.15, -0.1) is 0 Å². The number of halogens is 1. The SMILES string of the molecule is CCOC(CCNc1ccc(F)cc1C#N)OCC. The van der Waals surface area contributed by atoms with Gasteiger partial charge in [0, 0.05) is 26.2 Å². The molecule has 1 aromatic rings. The van der Waals surface area contributed by atoms with Gasteiger partial charge in [-0.1, -0.05) is 0 Å². The average Bonchev–Trinajstić information content (AvgIpc) is 2.40. The topological polar surface area (TPSA) is 54.3 Å². The number of anilines is 1. The van der Waals surface area contributed by atoms with Crippen LogP contribution in [0.4, 0.5) is 10.1 Å². The predicted molar refractivity (Wildman–Crippen MR) is 71.3 cm³/mol. The van der Waals surface area contributed by atoms with Crippen molar-refractivity contribution in [2.45, 2.75) is 26.6 Å². The smallest absolute Gasteiger partial charge is 0.159 e. The molecule has 0 aliphatic carbocycles. The van der Waals surface area contributed by atoms with E-state index in [-0.39, 0.29) is 6.29 Å². The van der Waals surface area contributed by atoms with Crippen molar-refractivity contribution in [2.24, 2.45) is 0 Å². The molecule has 0 saturated carbocycles. The van der Waals surface area contributed by atoms with Gasteiger partial charge in [-0.3, -0.25) is 0 Å². The van der Waals surface area contributed by atoms with Crippen LogP contribution in [-0.4, -0.2) is 26.0 Å². The lowest BCUT2D eigenvalue weighted by Gasteiger charge is -2.17. The molecule has 0 radical (unpaired) electrons. The Morgan fingerprint density at radius 2 is 2.00 bits per heavy atom. The zero-order valence-corrected chi connectivity index (χ0v) is 11.3. The summed E-state index contributed by atoms with van der Waals surface area (Å²) in [6, 6.07) is 6.06. The van der Waals surface area contributed by atoms with Crippen molar-refractivity contribution < 1.29 is 13.9 Å². The summed E-state index contributed by atoms with van der Waals surface area (Å²) in [5, 5.41) is 12.0. The number of rotatable bonds is 8. The van der Waals surface area contributed by atoms with E-state index in [0.717, 1.165) is 0 Å². The molecule has 0 aliphatic rings. The molecule has 0 atom stereocenters. The van der Waals surface area contributed by atoms with Crippen LogP contribution in [0.5, 0.6) is 0 Å². The minimum absolute atomic E-state index is 0.256. The summed E-state index contributed by atoms with van der Waals surface area (Å²) in [6.45, 7) is 5.58. The highest BCUT2D eigenvalue weighted by atomic mass is 19.1. The van der Waals surface area contributed by atoms with Crippen LogP contribution in [0.1, 0.15) is 25.8 Å². The fraction of sp³-hybridized carbons (Fsp3) is 0.500. The molecule has 0 fully saturated rings. The van der Waals surface area contributed by atoms with E-state index in [1.54, 1.807) is 6.07 Å². The van der Waals surface area contributed by atoms with Crippen molar-refractivity contribution in [1.82, 2.24) is 0 Å². The van der Waals surface area contributed by atoms with Gasteiger partial charge in [0.2, 0.25) is 0 Å². The molecule has 0 heterocycles. The first kappa shape index (κ1) is 15.4. The molecule has 5 heteroatoms.